The maximum absolute atomic E-state index is 12.2. The minimum absolute atomic E-state index is 0.00631. The number of carbonyl (C=O) groups is 1. The zero-order valence-corrected chi connectivity index (χ0v) is 14.9. The molecule has 0 aromatic heterocycles. The number of ether oxygens (including phenoxy) is 1. The number of nitrogens with one attached hydrogen (secondary N) is 1. The molecule has 5 nitrogen and oxygen atoms in total. The van der Waals surface area contributed by atoms with Crippen LogP contribution < -0.4 is 4.72 Å². The van der Waals surface area contributed by atoms with E-state index in [2.05, 4.69) is 4.72 Å². The molecular weight excluding hydrogens is 350 g/mol. The summed E-state index contributed by atoms with van der Waals surface area (Å²) in [6.45, 7) is 3.48. The molecule has 0 aliphatic heterocycles. The summed E-state index contributed by atoms with van der Waals surface area (Å²) in [5.41, 5.74) is 1.94. The molecule has 1 atom stereocenters. The molecule has 2 aromatic rings. The Balaban J connectivity index is 1.96. The van der Waals surface area contributed by atoms with Crippen LogP contribution in [0.2, 0.25) is 5.02 Å². The summed E-state index contributed by atoms with van der Waals surface area (Å²) in [6.07, 6.45) is 0. The lowest BCUT2D eigenvalue weighted by Gasteiger charge is -2.14. The van der Waals surface area contributed by atoms with E-state index in [0.717, 1.165) is 11.1 Å². The predicted octanol–water partition coefficient (Wildman–Crippen LogP) is 3.06. The van der Waals surface area contributed by atoms with E-state index in [-0.39, 0.29) is 11.5 Å². The largest absolute Gasteiger partial charge is 0.460 e. The SMILES string of the molecule is Cc1ccc(COC(=O)[C@H](C)NS(=O)(=O)c2cccc(Cl)c2)cc1. The molecule has 1 N–H and O–H groups in total. The van der Waals surface area contributed by atoms with Crippen LogP contribution >= 0.6 is 11.6 Å². The van der Waals surface area contributed by atoms with Crippen molar-refractivity contribution in [2.75, 3.05) is 0 Å². The van der Waals surface area contributed by atoms with Gasteiger partial charge in [-0.1, -0.05) is 47.5 Å². The molecule has 0 amide bonds. The zero-order chi connectivity index (χ0) is 17.7. The highest BCUT2D eigenvalue weighted by Gasteiger charge is 2.23. The van der Waals surface area contributed by atoms with Gasteiger partial charge >= 0.3 is 5.97 Å². The molecule has 0 saturated carbocycles. The Labute approximate surface area is 146 Å². The normalized spacial score (nSPS) is 12.6. The van der Waals surface area contributed by atoms with E-state index < -0.39 is 22.0 Å². The van der Waals surface area contributed by atoms with Gasteiger partial charge in [0.25, 0.3) is 0 Å². The molecule has 128 valence electrons. The van der Waals surface area contributed by atoms with Crippen molar-refractivity contribution in [1.29, 1.82) is 0 Å². The Hall–Kier alpha value is -1.89. The lowest BCUT2D eigenvalue weighted by molar-refractivity contribution is -0.146. The number of rotatable bonds is 6. The van der Waals surface area contributed by atoms with Crippen molar-refractivity contribution in [3.63, 3.8) is 0 Å². The van der Waals surface area contributed by atoms with Gasteiger partial charge in [-0.15, -0.1) is 0 Å². The average Bonchev–Trinajstić information content (AvgIpc) is 2.53. The fourth-order valence-corrected chi connectivity index (χ4v) is 3.44. The van der Waals surface area contributed by atoms with E-state index in [1.54, 1.807) is 6.07 Å². The van der Waals surface area contributed by atoms with Crippen LogP contribution in [0.4, 0.5) is 0 Å². The first-order valence-electron chi connectivity index (χ1n) is 7.28. The number of hydrogen-bond acceptors (Lipinski definition) is 4. The molecule has 0 radical (unpaired) electrons. The van der Waals surface area contributed by atoms with Crippen LogP contribution in [0.15, 0.2) is 53.4 Å². The van der Waals surface area contributed by atoms with Crippen LogP contribution in [0.25, 0.3) is 0 Å². The van der Waals surface area contributed by atoms with Gasteiger partial charge in [0.05, 0.1) is 4.90 Å². The smallest absolute Gasteiger partial charge is 0.324 e. The van der Waals surface area contributed by atoms with Gasteiger partial charge in [0.2, 0.25) is 10.0 Å². The number of esters is 1. The summed E-state index contributed by atoms with van der Waals surface area (Å²) in [5, 5.41) is 0.299. The summed E-state index contributed by atoms with van der Waals surface area (Å²) < 4.78 is 31.9. The first kappa shape index (κ1) is 18.4. The molecule has 0 bridgehead atoms. The quantitative estimate of drug-likeness (QED) is 0.796. The zero-order valence-electron chi connectivity index (χ0n) is 13.3. The topological polar surface area (TPSA) is 72.5 Å². The van der Waals surface area contributed by atoms with Gasteiger partial charge in [-0.05, 0) is 37.6 Å². The fourth-order valence-electron chi connectivity index (χ4n) is 1.95. The van der Waals surface area contributed by atoms with Crippen molar-refractivity contribution < 1.29 is 17.9 Å². The van der Waals surface area contributed by atoms with Crippen LogP contribution in [0.5, 0.6) is 0 Å². The summed E-state index contributed by atoms with van der Waals surface area (Å²) >= 11 is 5.79. The molecular formula is C17H18ClNO4S. The van der Waals surface area contributed by atoms with Crippen molar-refractivity contribution >= 4 is 27.6 Å². The maximum Gasteiger partial charge on any atom is 0.324 e. The second-order valence-corrected chi connectivity index (χ2v) is 7.54. The van der Waals surface area contributed by atoms with Crippen LogP contribution in [0, 0.1) is 6.92 Å². The summed E-state index contributed by atoms with van der Waals surface area (Å²) in [5.74, 6) is -0.652. The van der Waals surface area contributed by atoms with Gasteiger partial charge in [-0.2, -0.15) is 4.72 Å². The van der Waals surface area contributed by atoms with Gasteiger partial charge in [-0.25, -0.2) is 8.42 Å². The monoisotopic (exact) mass is 367 g/mol. The van der Waals surface area contributed by atoms with Crippen molar-refractivity contribution in [3.8, 4) is 0 Å². The van der Waals surface area contributed by atoms with Crippen molar-refractivity contribution in [2.45, 2.75) is 31.4 Å². The third-order valence-corrected chi connectivity index (χ3v) is 5.07. The van der Waals surface area contributed by atoms with Crippen molar-refractivity contribution in [2.24, 2.45) is 0 Å². The number of hydrogen-bond donors (Lipinski definition) is 1. The molecule has 24 heavy (non-hydrogen) atoms. The average molecular weight is 368 g/mol. The van der Waals surface area contributed by atoms with Crippen LogP contribution in [-0.2, 0) is 26.2 Å². The molecule has 0 unspecified atom stereocenters. The number of aryl methyl sites for hydroxylation is 1. The van der Waals surface area contributed by atoms with E-state index in [1.165, 1.54) is 25.1 Å². The van der Waals surface area contributed by atoms with E-state index in [4.69, 9.17) is 16.3 Å². The minimum Gasteiger partial charge on any atom is -0.460 e. The Bertz CT molecular complexity index is 819. The van der Waals surface area contributed by atoms with E-state index in [0.29, 0.717) is 5.02 Å². The number of halogens is 1. The Morgan fingerprint density at radius 3 is 2.50 bits per heavy atom. The first-order chi connectivity index (χ1) is 11.3. The fraction of sp³-hybridized carbons (Fsp3) is 0.235. The number of sulfonamides is 1. The highest BCUT2D eigenvalue weighted by molar-refractivity contribution is 7.89. The molecule has 7 heteroatoms. The Kier molecular flexibility index (Phi) is 5.99. The molecule has 2 rings (SSSR count). The first-order valence-corrected chi connectivity index (χ1v) is 9.14. The molecule has 0 spiro atoms. The second kappa shape index (κ2) is 7.79. The highest BCUT2D eigenvalue weighted by Crippen LogP contribution is 2.15. The lowest BCUT2D eigenvalue weighted by Crippen LogP contribution is -2.39. The predicted molar refractivity (Wildman–Crippen MR) is 92.2 cm³/mol. The highest BCUT2D eigenvalue weighted by atomic mass is 35.5. The van der Waals surface area contributed by atoms with Gasteiger partial charge in [-0.3, -0.25) is 4.79 Å². The van der Waals surface area contributed by atoms with Gasteiger partial charge in [0.1, 0.15) is 12.6 Å². The van der Waals surface area contributed by atoms with Crippen molar-refractivity contribution in [1.82, 2.24) is 4.72 Å². The van der Waals surface area contributed by atoms with Gasteiger partial charge in [0.15, 0.2) is 0 Å². The molecule has 0 fully saturated rings. The number of carbonyl (C=O) groups excluding carboxylic acids is 1. The van der Waals surface area contributed by atoms with E-state index >= 15 is 0 Å². The number of benzene rings is 2. The molecule has 0 saturated heterocycles. The molecule has 0 aliphatic carbocycles. The maximum atomic E-state index is 12.2. The Morgan fingerprint density at radius 1 is 1.21 bits per heavy atom. The molecule has 2 aromatic carbocycles. The van der Waals surface area contributed by atoms with Crippen LogP contribution in [0.1, 0.15) is 18.1 Å². The van der Waals surface area contributed by atoms with Crippen LogP contribution in [0.3, 0.4) is 0 Å². The third kappa shape index (κ3) is 5.06. The Morgan fingerprint density at radius 2 is 1.88 bits per heavy atom. The van der Waals surface area contributed by atoms with Gasteiger partial charge < -0.3 is 4.74 Å². The molecule has 0 heterocycles. The summed E-state index contributed by atoms with van der Waals surface area (Å²) in [4.78, 5) is 12.0. The van der Waals surface area contributed by atoms with Crippen molar-refractivity contribution in [3.05, 3.63) is 64.7 Å². The van der Waals surface area contributed by atoms with Gasteiger partial charge in [0, 0.05) is 5.02 Å². The standard InChI is InChI=1S/C17H18ClNO4S/c1-12-6-8-14(9-7-12)11-23-17(20)13(2)19-24(21,22)16-5-3-4-15(18)10-16/h3-10,13,19H,11H2,1-2H3/t13-/m0/s1. The lowest BCUT2D eigenvalue weighted by atomic mass is 10.2. The van der Waals surface area contributed by atoms with E-state index in [1.807, 2.05) is 31.2 Å². The summed E-state index contributed by atoms with van der Waals surface area (Å²) in [6, 6.07) is 12.3. The minimum atomic E-state index is -3.85. The third-order valence-electron chi connectivity index (χ3n) is 3.29. The van der Waals surface area contributed by atoms with E-state index in [9.17, 15) is 13.2 Å². The second-order valence-electron chi connectivity index (χ2n) is 5.39. The molecule has 0 aliphatic rings. The van der Waals surface area contributed by atoms with Crippen LogP contribution in [-0.4, -0.2) is 20.4 Å². The summed E-state index contributed by atoms with van der Waals surface area (Å²) in [7, 11) is -3.85.